The first-order chi connectivity index (χ1) is 7.70. The van der Waals surface area contributed by atoms with Crippen LogP contribution in [0, 0.1) is 12.7 Å². The van der Waals surface area contributed by atoms with Gasteiger partial charge in [-0.3, -0.25) is 0 Å². The average Bonchev–Trinajstić information content (AvgIpc) is 2.25. The van der Waals surface area contributed by atoms with E-state index in [-0.39, 0.29) is 5.82 Å². The van der Waals surface area contributed by atoms with Gasteiger partial charge in [0.15, 0.2) is 0 Å². The zero-order chi connectivity index (χ0) is 11.5. The molecule has 0 bridgehead atoms. The summed E-state index contributed by atoms with van der Waals surface area (Å²) in [6.07, 6.45) is 0.821. The molecule has 0 radical (unpaired) electrons. The van der Waals surface area contributed by atoms with Gasteiger partial charge in [0.1, 0.15) is 11.6 Å². The first-order valence-corrected chi connectivity index (χ1v) is 5.28. The predicted molar refractivity (Wildman–Crippen MR) is 61.9 cm³/mol. The third-order valence-electron chi connectivity index (χ3n) is 2.46. The maximum absolute atomic E-state index is 13.1. The van der Waals surface area contributed by atoms with Gasteiger partial charge in [0.25, 0.3) is 0 Å². The van der Waals surface area contributed by atoms with Crippen molar-refractivity contribution in [1.29, 1.82) is 0 Å². The van der Waals surface area contributed by atoms with Crippen LogP contribution in [0.4, 0.5) is 4.39 Å². The number of fused-ring (bicyclic) bond motifs is 1. The van der Waals surface area contributed by atoms with Crippen molar-refractivity contribution in [2.75, 3.05) is 13.6 Å². The Kier molecular flexibility index (Phi) is 3.10. The van der Waals surface area contributed by atoms with E-state index in [9.17, 15) is 4.39 Å². The van der Waals surface area contributed by atoms with Crippen LogP contribution in [0.25, 0.3) is 10.9 Å². The highest BCUT2D eigenvalue weighted by molar-refractivity contribution is 5.80. The fourth-order valence-corrected chi connectivity index (χ4v) is 1.73. The molecule has 0 aliphatic carbocycles. The molecule has 84 valence electrons. The quantitative estimate of drug-likeness (QED) is 0.856. The molecular weight excluding hydrogens is 205 g/mol. The molecule has 0 atom stereocenters. The molecule has 0 spiro atoms. The highest BCUT2D eigenvalue weighted by Crippen LogP contribution is 2.17. The zero-order valence-corrected chi connectivity index (χ0v) is 9.42. The van der Waals surface area contributed by atoms with Crippen molar-refractivity contribution in [3.63, 3.8) is 0 Å². The lowest BCUT2D eigenvalue weighted by Gasteiger charge is -2.06. The van der Waals surface area contributed by atoms with Crippen LogP contribution in [0.3, 0.4) is 0 Å². The van der Waals surface area contributed by atoms with Crippen LogP contribution in [-0.4, -0.2) is 23.6 Å². The van der Waals surface area contributed by atoms with Crippen LogP contribution in [0.5, 0.6) is 0 Å². The van der Waals surface area contributed by atoms with Gasteiger partial charge in [-0.15, -0.1) is 0 Å². The summed E-state index contributed by atoms with van der Waals surface area (Å²) in [5.41, 5.74) is 1.65. The van der Waals surface area contributed by atoms with Crippen molar-refractivity contribution in [3.8, 4) is 0 Å². The molecule has 0 aliphatic rings. The molecule has 1 N–H and O–H groups in total. The Morgan fingerprint density at radius 1 is 1.31 bits per heavy atom. The fraction of sp³-hybridized carbons (Fsp3) is 0.333. The maximum atomic E-state index is 13.1. The fourth-order valence-electron chi connectivity index (χ4n) is 1.73. The number of nitrogens with zero attached hydrogens (tertiary/aromatic N) is 2. The smallest absolute Gasteiger partial charge is 0.126 e. The van der Waals surface area contributed by atoms with Gasteiger partial charge in [-0.25, -0.2) is 14.4 Å². The Balaban J connectivity index is 2.54. The van der Waals surface area contributed by atoms with E-state index in [0.717, 1.165) is 24.0 Å². The van der Waals surface area contributed by atoms with E-state index < -0.39 is 0 Å². The lowest BCUT2D eigenvalue weighted by molar-refractivity contribution is 0.629. The largest absolute Gasteiger partial charge is 0.319 e. The molecule has 4 heteroatoms. The molecule has 0 amide bonds. The van der Waals surface area contributed by atoms with Crippen LogP contribution in [0.2, 0.25) is 0 Å². The molecular formula is C12H14FN3. The summed E-state index contributed by atoms with van der Waals surface area (Å²) in [7, 11) is 1.90. The lowest BCUT2D eigenvalue weighted by Crippen LogP contribution is -2.12. The summed E-state index contributed by atoms with van der Waals surface area (Å²) in [5, 5.41) is 4.01. The van der Waals surface area contributed by atoms with Crippen LogP contribution >= 0.6 is 0 Å². The summed E-state index contributed by atoms with van der Waals surface area (Å²) in [6, 6.07) is 4.64. The Bertz CT molecular complexity index is 506. The number of hydrogen-bond acceptors (Lipinski definition) is 3. The van der Waals surface area contributed by atoms with Gasteiger partial charge in [-0.05, 0) is 26.1 Å². The van der Waals surface area contributed by atoms with Crippen molar-refractivity contribution in [2.24, 2.45) is 0 Å². The minimum Gasteiger partial charge on any atom is -0.319 e. The van der Waals surface area contributed by atoms with Crippen molar-refractivity contribution < 1.29 is 4.39 Å². The summed E-state index contributed by atoms with van der Waals surface area (Å²) >= 11 is 0. The number of aryl methyl sites for hydroxylation is 1. The normalized spacial score (nSPS) is 10.9. The van der Waals surface area contributed by atoms with Crippen LogP contribution < -0.4 is 5.32 Å². The molecule has 3 nitrogen and oxygen atoms in total. The van der Waals surface area contributed by atoms with Crippen LogP contribution in [0.1, 0.15) is 11.5 Å². The third-order valence-corrected chi connectivity index (χ3v) is 2.46. The van der Waals surface area contributed by atoms with Crippen molar-refractivity contribution in [3.05, 3.63) is 35.5 Å². The number of nitrogens with one attached hydrogen (secondary N) is 1. The molecule has 1 aromatic heterocycles. The van der Waals surface area contributed by atoms with Gasteiger partial charge in [0, 0.05) is 24.4 Å². The minimum absolute atomic E-state index is 0.259. The Morgan fingerprint density at radius 3 is 2.88 bits per heavy atom. The standard InChI is InChI=1S/C12H14FN3/c1-8-15-11(5-6-14-2)10-4-3-9(13)7-12(10)16-8/h3-4,7,14H,5-6H2,1-2H3. The molecule has 16 heavy (non-hydrogen) atoms. The van der Waals surface area contributed by atoms with E-state index >= 15 is 0 Å². The van der Waals surface area contributed by atoms with E-state index in [4.69, 9.17) is 0 Å². The van der Waals surface area contributed by atoms with Gasteiger partial charge in [0.05, 0.1) is 11.2 Å². The zero-order valence-electron chi connectivity index (χ0n) is 9.42. The first kappa shape index (κ1) is 11.0. The molecule has 0 unspecified atom stereocenters. The number of aromatic nitrogens is 2. The van der Waals surface area contributed by atoms with Gasteiger partial charge in [-0.2, -0.15) is 0 Å². The second kappa shape index (κ2) is 4.53. The van der Waals surface area contributed by atoms with Crippen LogP contribution in [-0.2, 0) is 6.42 Å². The average molecular weight is 219 g/mol. The molecule has 2 aromatic rings. The number of rotatable bonds is 3. The third kappa shape index (κ3) is 2.17. The van der Waals surface area contributed by atoms with E-state index in [2.05, 4.69) is 15.3 Å². The van der Waals surface area contributed by atoms with E-state index in [1.54, 1.807) is 6.07 Å². The SMILES string of the molecule is CNCCc1nc(C)nc2cc(F)ccc12. The number of halogens is 1. The van der Waals surface area contributed by atoms with E-state index in [0.29, 0.717) is 11.3 Å². The monoisotopic (exact) mass is 219 g/mol. The molecule has 1 aromatic carbocycles. The molecule has 1 heterocycles. The summed E-state index contributed by atoms with van der Waals surface area (Å²) < 4.78 is 13.1. The summed E-state index contributed by atoms with van der Waals surface area (Å²) in [6.45, 7) is 2.68. The van der Waals surface area contributed by atoms with Crippen molar-refractivity contribution in [2.45, 2.75) is 13.3 Å². The van der Waals surface area contributed by atoms with E-state index in [1.807, 2.05) is 14.0 Å². The number of likely N-dealkylation sites (N-methyl/N-ethyl adjacent to an activating group) is 1. The molecule has 0 saturated carbocycles. The number of benzene rings is 1. The lowest BCUT2D eigenvalue weighted by atomic mass is 10.1. The second-order valence-corrected chi connectivity index (χ2v) is 3.73. The predicted octanol–water partition coefficient (Wildman–Crippen LogP) is 1.84. The summed E-state index contributed by atoms with van der Waals surface area (Å²) in [5.74, 6) is 0.425. The summed E-state index contributed by atoms with van der Waals surface area (Å²) in [4.78, 5) is 8.63. The highest BCUT2D eigenvalue weighted by Gasteiger charge is 2.06. The Morgan fingerprint density at radius 2 is 2.12 bits per heavy atom. The highest BCUT2D eigenvalue weighted by atomic mass is 19.1. The molecule has 0 saturated heterocycles. The second-order valence-electron chi connectivity index (χ2n) is 3.73. The minimum atomic E-state index is -0.259. The van der Waals surface area contributed by atoms with Crippen molar-refractivity contribution >= 4 is 10.9 Å². The Labute approximate surface area is 93.7 Å². The topological polar surface area (TPSA) is 37.8 Å². The van der Waals surface area contributed by atoms with Gasteiger partial charge < -0.3 is 5.32 Å². The Hall–Kier alpha value is -1.55. The maximum Gasteiger partial charge on any atom is 0.126 e. The molecule has 2 rings (SSSR count). The van der Waals surface area contributed by atoms with Gasteiger partial charge in [0.2, 0.25) is 0 Å². The molecule has 0 aliphatic heterocycles. The molecule has 0 fully saturated rings. The van der Waals surface area contributed by atoms with Gasteiger partial charge >= 0.3 is 0 Å². The van der Waals surface area contributed by atoms with E-state index in [1.165, 1.54) is 12.1 Å². The van der Waals surface area contributed by atoms with Gasteiger partial charge in [-0.1, -0.05) is 0 Å². The number of hydrogen-bond donors (Lipinski definition) is 1. The van der Waals surface area contributed by atoms with Crippen molar-refractivity contribution in [1.82, 2.24) is 15.3 Å². The first-order valence-electron chi connectivity index (χ1n) is 5.28. The van der Waals surface area contributed by atoms with Crippen LogP contribution in [0.15, 0.2) is 18.2 Å².